The topological polar surface area (TPSA) is 21.3 Å². The first-order chi connectivity index (χ1) is 8.69. The highest BCUT2D eigenvalue weighted by Crippen LogP contribution is 2.29. The first-order valence-corrected chi connectivity index (χ1v) is 7.14. The molecule has 18 heavy (non-hydrogen) atoms. The molecule has 0 saturated heterocycles. The lowest BCUT2D eigenvalue weighted by Crippen LogP contribution is -2.06. The number of benzene rings is 2. The average Bonchev–Trinajstić information content (AvgIpc) is 2.33. The summed E-state index contributed by atoms with van der Waals surface area (Å²) in [4.78, 5) is 0. The van der Waals surface area contributed by atoms with E-state index < -0.39 is 0 Å². The fourth-order valence-electron chi connectivity index (χ4n) is 1.63. The molecule has 94 valence electrons. The summed E-state index contributed by atoms with van der Waals surface area (Å²) in [5, 5.41) is 3.14. The largest absolute Gasteiger partial charge is 0.457 e. The number of hydrogen-bond acceptors (Lipinski definition) is 2. The van der Waals surface area contributed by atoms with Gasteiger partial charge in [0.05, 0.1) is 0 Å². The Morgan fingerprint density at radius 1 is 1.06 bits per heavy atom. The molecule has 0 spiro atoms. The van der Waals surface area contributed by atoms with E-state index in [2.05, 4.69) is 43.2 Å². The van der Waals surface area contributed by atoms with Gasteiger partial charge in [-0.1, -0.05) is 37.9 Å². The van der Waals surface area contributed by atoms with Crippen LogP contribution in [0.1, 0.15) is 5.56 Å². The van der Waals surface area contributed by atoms with Crippen molar-refractivity contribution in [1.82, 2.24) is 5.32 Å². The van der Waals surface area contributed by atoms with Gasteiger partial charge in [-0.05, 0) is 43.4 Å². The van der Waals surface area contributed by atoms with Gasteiger partial charge in [0.15, 0.2) is 0 Å². The van der Waals surface area contributed by atoms with Crippen molar-refractivity contribution in [2.24, 2.45) is 0 Å². The molecular weight excluding hydrogens is 358 g/mol. The van der Waals surface area contributed by atoms with E-state index in [1.54, 1.807) is 0 Å². The molecule has 2 rings (SSSR count). The van der Waals surface area contributed by atoms with Crippen LogP contribution in [-0.2, 0) is 6.54 Å². The minimum absolute atomic E-state index is 0.767. The molecule has 0 aromatic heterocycles. The SMILES string of the molecule is CNCc1cc(Br)ccc1Oc1cccc(Br)c1. The standard InChI is InChI=1S/C14H13Br2NO/c1-17-9-10-7-12(16)5-6-14(10)18-13-4-2-3-11(15)8-13/h2-8,17H,9H2,1H3. The Bertz CT molecular complexity index is 543. The van der Waals surface area contributed by atoms with Crippen LogP contribution in [0.3, 0.4) is 0 Å². The number of hydrogen-bond donors (Lipinski definition) is 1. The fraction of sp³-hybridized carbons (Fsp3) is 0.143. The second kappa shape index (κ2) is 6.36. The molecule has 0 fully saturated rings. The maximum absolute atomic E-state index is 5.91. The molecule has 0 bridgehead atoms. The van der Waals surface area contributed by atoms with Gasteiger partial charge in [-0.2, -0.15) is 0 Å². The Labute approximate surface area is 124 Å². The van der Waals surface area contributed by atoms with Crippen LogP contribution in [0, 0.1) is 0 Å². The van der Waals surface area contributed by atoms with E-state index in [0.717, 1.165) is 32.6 Å². The highest BCUT2D eigenvalue weighted by Gasteiger charge is 2.05. The van der Waals surface area contributed by atoms with Crippen molar-refractivity contribution in [3.05, 3.63) is 57.0 Å². The highest BCUT2D eigenvalue weighted by molar-refractivity contribution is 9.10. The molecule has 0 amide bonds. The zero-order chi connectivity index (χ0) is 13.0. The second-order valence-corrected chi connectivity index (χ2v) is 5.67. The number of halogens is 2. The van der Waals surface area contributed by atoms with Gasteiger partial charge < -0.3 is 10.1 Å². The summed E-state index contributed by atoms with van der Waals surface area (Å²) in [6.45, 7) is 0.767. The Morgan fingerprint density at radius 3 is 2.56 bits per heavy atom. The Kier molecular flexibility index (Phi) is 4.80. The van der Waals surface area contributed by atoms with E-state index in [1.807, 2.05) is 43.4 Å². The predicted octanol–water partition coefficient (Wildman–Crippen LogP) is 4.72. The maximum atomic E-state index is 5.91. The van der Waals surface area contributed by atoms with Crippen LogP contribution in [0.2, 0.25) is 0 Å². The molecule has 0 aliphatic carbocycles. The summed E-state index contributed by atoms with van der Waals surface area (Å²) in [6.07, 6.45) is 0. The molecule has 2 aromatic rings. The first-order valence-electron chi connectivity index (χ1n) is 5.55. The van der Waals surface area contributed by atoms with Crippen LogP contribution >= 0.6 is 31.9 Å². The van der Waals surface area contributed by atoms with Crippen molar-refractivity contribution in [2.75, 3.05) is 7.05 Å². The maximum Gasteiger partial charge on any atom is 0.131 e. The Balaban J connectivity index is 2.28. The summed E-state index contributed by atoms with van der Waals surface area (Å²) in [6, 6.07) is 13.8. The summed E-state index contributed by atoms with van der Waals surface area (Å²) < 4.78 is 7.96. The third-order valence-electron chi connectivity index (χ3n) is 2.41. The summed E-state index contributed by atoms with van der Waals surface area (Å²) >= 11 is 6.91. The lowest BCUT2D eigenvalue weighted by Gasteiger charge is -2.11. The first kappa shape index (κ1) is 13.6. The van der Waals surface area contributed by atoms with E-state index in [4.69, 9.17) is 4.74 Å². The minimum atomic E-state index is 0.767. The second-order valence-electron chi connectivity index (χ2n) is 3.84. The average molecular weight is 371 g/mol. The van der Waals surface area contributed by atoms with E-state index in [1.165, 1.54) is 0 Å². The molecule has 0 unspecified atom stereocenters. The van der Waals surface area contributed by atoms with Gasteiger partial charge in [0.25, 0.3) is 0 Å². The minimum Gasteiger partial charge on any atom is -0.457 e. The Morgan fingerprint density at radius 2 is 1.83 bits per heavy atom. The van der Waals surface area contributed by atoms with Gasteiger partial charge in [-0.15, -0.1) is 0 Å². The number of rotatable bonds is 4. The lowest BCUT2D eigenvalue weighted by atomic mass is 10.2. The molecule has 2 nitrogen and oxygen atoms in total. The van der Waals surface area contributed by atoms with Crippen LogP contribution < -0.4 is 10.1 Å². The molecule has 0 saturated carbocycles. The van der Waals surface area contributed by atoms with Gasteiger partial charge in [-0.3, -0.25) is 0 Å². The van der Waals surface area contributed by atoms with Gasteiger partial charge in [0.2, 0.25) is 0 Å². The summed E-state index contributed by atoms with van der Waals surface area (Å²) in [5.41, 5.74) is 1.12. The monoisotopic (exact) mass is 369 g/mol. The van der Waals surface area contributed by atoms with Crippen LogP contribution in [0.15, 0.2) is 51.4 Å². The predicted molar refractivity (Wildman–Crippen MR) is 81.1 cm³/mol. The molecule has 0 heterocycles. The van der Waals surface area contributed by atoms with Crippen molar-refractivity contribution in [3.63, 3.8) is 0 Å². The highest BCUT2D eigenvalue weighted by atomic mass is 79.9. The van der Waals surface area contributed by atoms with E-state index in [0.29, 0.717) is 0 Å². The van der Waals surface area contributed by atoms with Crippen molar-refractivity contribution >= 4 is 31.9 Å². The van der Waals surface area contributed by atoms with Crippen LogP contribution in [0.5, 0.6) is 11.5 Å². The van der Waals surface area contributed by atoms with Crippen molar-refractivity contribution < 1.29 is 4.74 Å². The van der Waals surface area contributed by atoms with Gasteiger partial charge in [-0.25, -0.2) is 0 Å². The third-order valence-corrected chi connectivity index (χ3v) is 3.40. The molecule has 2 aromatic carbocycles. The van der Waals surface area contributed by atoms with Gasteiger partial charge in [0.1, 0.15) is 11.5 Å². The van der Waals surface area contributed by atoms with Crippen LogP contribution in [0.25, 0.3) is 0 Å². The lowest BCUT2D eigenvalue weighted by molar-refractivity contribution is 0.474. The zero-order valence-corrected chi connectivity index (χ0v) is 13.1. The third kappa shape index (κ3) is 3.57. The van der Waals surface area contributed by atoms with E-state index >= 15 is 0 Å². The Hall–Kier alpha value is -0.840. The van der Waals surface area contributed by atoms with Crippen molar-refractivity contribution in [3.8, 4) is 11.5 Å². The molecule has 0 aliphatic rings. The van der Waals surface area contributed by atoms with Crippen LogP contribution in [-0.4, -0.2) is 7.05 Å². The zero-order valence-electron chi connectivity index (χ0n) is 9.91. The molecule has 0 aliphatic heterocycles. The normalized spacial score (nSPS) is 10.4. The molecule has 4 heteroatoms. The van der Waals surface area contributed by atoms with Crippen molar-refractivity contribution in [1.29, 1.82) is 0 Å². The van der Waals surface area contributed by atoms with Gasteiger partial charge >= 0.3 is 0 Å². The fourth-order valence-corrected chi connectivity index (χ4v) is 2.42. The summed E-state index contributed by atoms with van der Waals surface area (Å²) in [5.74, 6) is 1.69. The number of nitrogens with one attached hydrogen (secondary N) is 1. The van der Waals surface area contributed by atoms with Crippen molar-refractivity contribution in [2.45, 2.75) is 6.54 Å². The van der Waals surface area contributed by atoms with E-state index in [9.17, 15) is 0 Å². The molecule has 0 atom stereocenters. The molecular formula is C14H13Br2NO. The number of ether oxygens (including phenoxy) is 1. The van der Waals surface area contributed by atoms with E-state index in [-0.39, 0.29) is 0 Å². The van der Waals surface area contributed by atoms with Gasteiger partial charge in [0, 0.05) is 21.1 Å². The summed E-state index contributed by atoms with van der Waals surface area (Å²) in [7, 11) is 1.92. The molecule has 1 N–H and O–H groups in total. The smallest absolute Gasteiger partial charge is 0.131 e. The van der Waals surface area contributed by atoms with Crippen LogP contribution in [0.4, 0.5) is 0 Å². The molecule has 0 radical (unpaired) electrons. The quantitative estimate of drug-likeness (QED) is 0.840.